The number of carbonyl (C=O) groups excluding carboxylic acids is 1. The van der Waals surface area contributed by atoms with E-state index in [2.05, 4.69) is 17.1 Å². The molecule has 0 bridgehead atoms. The molecule has 0 aliphatic heterocycles. The normalized spacial score (nSPS) is 16.8. The van der Waals surface area contributed by atoms with Crippen molar-refractivity contribution in [1.82, 2.24) is 9.88 Å². The Hall–Kier alpha value is -1.81. The summed E-state index contributed by atoms with van der Waals surface area (Å²) in [5.41, 5.74) is 1.77. The van der Waals surface area contributed by atoms with Gasteiger partial charge in [-0.15, -0.1) is 0 Å². The lowest BCUT2D eigenvalue weighted by Crippen LogP contribution is -2.41. The van der Waals surface area contributed by atoms with Crippen molar-refractivity contribution in [3.63, 3.8) is 0 Å². The molecule has 0 saturated heterocycles. The minimum Gasteiger partial charge on any atom is -0.388 e. The summed E-state index contributed by atoms with van der Waals surface area (Å²) in [5, 5.41) is 11.7. The third-order valence-corrected chi connectivity index (χ3v) is 5.00. The van der Waals surface area contributed by atoms with Crippen LogP contribution in [0.25, 0.3) is 10.9 Å². The largest absolute Gasteiger partial charge is 0.388 e. The van der Waals surface area contributed by atoms with Gasteiger partial charge in [-0.3, -0.25) is 4.79 Å². The molecule has 1 aromatic carbocycles. The molecule has 1 aliphatic rings. The van der Waals surface area contributed by atoms with Crippen LogP contribution in [0.4, 0.5) is 0 Å². The molecule has 1 aromatic heterocycles. The number of aryl methyl sites for hydroxylation is 1. The van der Waals surface area contributed by atoms with Crippen molar-refractivity contribution in [3.8, 4) is 0 Å². The number of benzene rings is 1. The number of nitrogens with one attached hydrogen (secondary N) is 1. The summed E-state index contributed by atoms with van der Waals surface area (Å²) in [6.45, 7) is 0.471. The number of fused-ring (bicyclic) bond motifs is 1. The summed E-state index contributed by atoms with van der Waals surface area (Å²) in [7, 11) is 1.81. The number of hydrogen-bond donors (Lipinski definition) is 2. The van der Waals surface area contributed by atoms with Crippen LogP contribution in [0.1, 0.15) is 44.1 Å². The van der Waals surface area contributed by atoms with Crippen LogP contribution in [-0.4, -0.2) is 40.1 Å². The predicted molar refractivity (Wildman–Crippen MR) is 92.3 cm³/mol. The topological polar surface area (TPSA) is 56.3 Å². The highest BCUT2D eigenvalue weighted by molar-refractivity contribution is 5.83. The number of amides is 1. The molecule has 0 spiro atoms. The van der Waals surface area contributed by atoms with Crippen molar-refractivity contribution < 1.29 is 9.90 Å². The van der Waals surface area contributed by atoms with Crippen molar-refractivity contribution in [2.75, 3.05) is 13.6 Å². The molecule has 0 unspecified atom stereocenters. The summed E-state index contributed by atoms with van der Waals surface area (Å²) in [6, 6.07) is 8.25. The standard InChI is InChI=1S/C19H26N2O2/c1-21(14-19(23)11-4-5-12-19)18(22)10-6-7-15-13-20-17-9-3-2-8-16(15)17/h2-3,8-9,13,20,23H,4-7,10-12,14H2,1H3. The van der Waals surface area contributed by atoms with Crippen molar-refractivity contribution in [2.24, 2.45) is 0 Å². The second-order valence-corrected chi connectivity index (χ2v) is 6.89. The van der Waals surface area contributed by atoms with E-state index in [1.807, 2.05) is 25.4 Å². The van der Waals surface area contributed by atoms with Crippen LogP contribution in [0.15, 0.2) is 30.5 Å². The Morgan fingerprint density at radius 3 is 2.83 bits per heavy atom. The summed E-state index contributed by atoms with van der Waals surface area (Å²) in [4.78, 5) is 17.3. The summed E-state index contributed by atoms with van der Waals surface area (Å²) in [5.74, 6) is 0.130. The molecular formula is C19H26N2O2. The molecular weight excluding hydrogens is 288 g/mol. The minimum absolute atomic E-state index is 0.130. The molecule has 1 fully saturated rings. The van der Waals surface area contributed by atoms with Crippen molar-refractivity contribution in [1.29, 1.82) is 0 Å². The molecule has 1 heterocycles. The number of aromatic nitrogens is 1. The minimum atomic E-state index is -0.652. The molecule has 1 amide bonds. The van der Waals surface area contributed by atoms with Gasteiger partial charge in [0.15, 0.2) is 0 Å². The summed E-state index contributed by atoms with van der Waals surface area (Å²) < 4.78 is 0. The van der Waals surface area contributed by atoms with Crippen molar-refractivity contribution >= 4 is 16.8 Å². The Kier molecular flexibility index (Phi) is 4.71. The molecule has 2 aromatic rings. The van der Waals surface area contributed by atoms with Gasteiger partial charge in [0.25, 0.3) is 0 Å². The van der Waals surface area contributed by atoms with Gasteiger partial charge in [0.1, 0.15) is 0 Å². The van der Waals surface area contributed by atoms with Crippen LogP contribution in [-0.2, 0) is 11.2 Å². The lowest BCUT2D eigenvalue weighted by Gasteiger charge is -2.28. The van der Waals surface area contributed by atoms with E-state index < -0.39 is 5.60 Å². The van der Waals surface area contributed by atoms with Gasteiger partial charge in [-0.1, -0.05) is 31.0 Å². The van der Waals surface area contributed by atoms with Gasteiger partial charge in [0, 0.05) is 37.1 Å². The first kappa shape index (κ1) is 16.1. The maximum Gasteiger partial charge on any atom is 0.222 e. The molecule has 1 saturated carbocycles. The maximum atomic E-state index is 12.3. The second-order valence-electron chi connectivity index (χ2n) is 6.89. The van der Waals surface area contributed by atoms with Crippen molar-refractivity contribution in [3.05, 3.63) is 36.0 Å². The van der Waals surface area contributed by atoms with Gasteiger partial charge in [-0.25, -0.2) is 0 Å². The van der Waals surface area contributed by atoms with E-state index >= 15 is 0 Å². The highest BCUT2D eigenvalue weighted by atomic mass is 16.3. The Balaban J connectivity index is 1.49. The molecule has 124 valence electrons. The molecule has 0 radical (unpaired) electrons. The van der Waals surface area contributed by atoms with E-state index in [9.17, 15) is 9.90 Å². The maximum absolute atomic E-state index is 12.3. The van der Waals surface area contributed by atoms with E-state index in [4.69, 9.17) is 0 Å². The van der Waals surface area contributed by atoms with E-state index in [0.29, 0.717) is 13.0 Å². The number of hydrogen-bond acceptors (Lipinski definition) is 2. The first-order valence-electron chi connectivity index (χ1n) is 8.59. The first-order chi connectivity index (χ1) is 11.1. The number of H-pyrrole nitrogens is 1. The number of nitrogens with zero attached hydrogens (tertiary/aromatic N) is 1. The van der Waals surface area contributed by atoms with Gasteiger partial charge in [-0.05, 0) is 37.3 Å². The fourth-order valence-electron chi connectivity index (χ4n) is 3.68. The zero-order chi connectivity index (χ0) is 16.3. The third kappa shape index (κ3) is 3.75. The van der Waals surface area contributed by atoms with Crippen LogP contribution in [0, 0.1) is 0 Å². The van der Waals surface area contributed by atoms with E-state index in [0.717, 1.165) is 44.0 Å². The van der Waals surface area contributed by atoms with E-state index in [-0.39, 0.29) is 5.91 Å². The fraction of sp³-hybridized carbons (Fsp3) is 0.526. The summed E-state index contributed by atoms with van der Waals surface area (Å²) >= 11 is 0. The van der Waals surface area contributed by atoms with Gasteiger partial charge < -0.3 is 15.0 Å². The number of aliphatic hydroxyl groups is 1. The predicted octanol–water partition coefficient (Wildman–Crippen LogP) is 3.25. The number of rotatable bonds is 6. The summed E-state index contributed by atoms with van der Waals surface area (Å²) in [6.07, 6.45) is 8.08. The molecule has 3 rings (SSSR count). The van der Waals surface area contributed by atoms with Crippen molar-refractivity contribution in [2.45, 2.75) is 50.5 Å². The molecule has 4 nitrogen and oxygen atoms in total. The zero-order valence-corrected chi connectivity index (χ0v) is 13.8. The van der Waals surface area contributed by atoms with Gasteiger partial charge in [0.2, 0.25) is 5.91 Å². The Morgan fingerprint density at radius 2 is 2.04 bits per heavy atom. The molecule has 2 N–H and O–H groups in total. The Morgan fingerprint density at radius 1 is 1.30 bits per heavy atom. The van der Waals surface area contributed by atoms with E-state index in [1.165, 1.54) is 10.9 Å². The monoisotopic (exact) mass is 314 g/mol. The van der Waals surface area contributed by atoms with Crippen LogP contribution in [0.2, 0.25) is 0 Å². The van der Waals surface area contributed by atoms with Crippen LogP contribution in [0.3, 0.4) is 0 Å². The zero-order valence-electron chi connectivity index (χ0n) is 13.8. The molecule has 0 atom stereocenters. The quantitative estimate of drug-likeness (QED) is 0.860. The highest BCUT2D eigenvalue weighted by Crippen LogP contribution is 2.30. The second kappa shape index (κ2) is 6.75. The molecule has 1 aliphatic carbocycles. The number of likely N-dealkylation sites (N-methyl/N-ethyl adjacent to an activating group) is 1. The molecule has 4 heteroatoms. The highest BCUT2D eigenvalue weighted by Gasteiger charge is 2.33. The van der Waals surface area contributed by atoms with Crippen LogP contribution >= 0.6 is 0 Å². The fourth-order valence-corrected chi connectivity index (χ4v) is 3.68. The van der Waals surface area contributed by atoms with Crippen LogP contribution < -0.4 is 0 Å². The van der Waals surface area contributed by atoms with Gasteiger partial charge in [0.05, 0.1) is 5.60 Å². The third-order valence-electron chi connectivity index (χ3n) is 5.00. The smallest absolute Gasteiger partial charge is 0.222 e. The Labute approximate surface area is 137 Å². The van der Waals surface area contributed by atoms with E-state index in [1.54, 1.807) is 4.90 Å². The lowest BCUT2D eigenvalue weighted by atomic mass is 10.0. The van der Waals surface area contributed by atoms with Gasteiger partial charge in [-0.2, -0.15) is 0 Å². The average Bonchev–Trinajstić information content (AvgIpc) is 3.14. The van der Waals surface area contributed by atoms with Gasteiger partial charge >= 0.3 is 0 Å². The lowest BCUT2D eigenvalue weighted by molar-refractivity contribution is -0.133. The van der Waals surface area contributed by atoms with Crippen LogP contribution in [0.5, 0.6) is 0 Å². The average molecular weight is 314 g/mol. The number of para-hydroxylation sites is 1. The number of carbonyl (C=O) groups is 1. The molecule has 23 heavy (non-hydrogen) atoms. The first-order valence-corrected chi connectivity index (χ1v) is 8.59. The Bertz CT molecular complexity index is 671. The SMILES string of the molecule is CN(CC1(O)CCCC1)C(=O)CCCc1c[nH]c2ccccc12. The number of aromatic amines is 1.